The summed E-state index contributed by atoms with van der Waals surface area (Å²) in [6, 6.07) is 7.44. The summed E-state index contributed by atoms with van der Waals surface area (Å²) < 4.78 is 10.8. The van der Waals surface area contributed by atoms with Crippen molar-refractivity contribution in [1.82, 2.24) is 0 Å². The lowest BCUT2D eigenvalue weighted by Crippen LogP contribution is -3.18. The second-order valence-electron chi connectivity index (χ2n) is 4.91. The van der Waals surface area contributed by atoms with Crippen LogP contribution in [0.4, 0.5) is 5.69 Å². The Balaban J connectivity index is 1.99. The lowest BCUT2D eigenvalue weighted by Gasteiger charge is -2.28. The van der Waals surface area contributed by atoms with Gasteiger partial charge >= 0.3 is 0 Å². The van der Waals surface area contributed by atoms with E-state index in [0.717, 1.165) is 32.0 Å². The van der Waals surface area contributed by atoms with Gasteiger partial charge in [-0.05, 0) is 26.0 Å². The van der Waals surface area contributed by atoms with Gasteiger partial charge in [0.25, 0.3) is 5.91 Å². The molecule has 5 heteroatoms. The summed E-state index contributed by atoms with van der Waals surface area (Å²) in [7, 11) is 0. The van der Waals surface area contributed by atoms with E-state index in [4.69, 9.17) is 9.47 Å². The van der Waals surface area contributed by atoms with E-state index in [0.29, 0.717) is 12.4 Å². The van der Waals surface area contributed by atoms with E-state index in [-0.39, 0.29) is 11.9 Å². The van der Waals surface area contributed by atoms with Gasteiger partial charge in [-0.15, -0.1) is 0 Å². The van der Waals surface area contributed by atoms with Gasteiger partial charge in [-0.3, -0.25) is 4.79 Å². The summed E-state index contributed by atoms with van der Waals surface area (Å²) in [4.78, 5) is 13.6. The predicted octanol–water partition coefficient (Wildman–Crippen LogP) is 0.327. The molecule has 1 fully saturated rings. The summed E-state index contributed by atoms with van der Waals surface area (Å²) in [6.45, 7) is 7.67. The number of carbonyl (C=O) groups excluding carboxylic acids is 1. The number of morpholine rings is 1. The Labute approximate surface area is 119 Å². The van der Waals surface area contributed by atoms with E-state index in [2.05, 4.69) is 5.32 Å². The highest BCUT2D eigenvalue weighted by Gasteiger charge is 2.27. The van der Waals surface area contributed by atoms with E-state index < -0.39 is 0 Å². The molecule has 0 spiro atoms. The number of para-hydroxylation sites is 2. The first-order valence-electron chi connectivity index (χ1n) is 7.17. The molecule has 0 radical (unpaired) electrons. The van der Waals surface area contributed by atoms with Gasteiger partial charge in [0.05, 0.1) is 25.5 Å². The van der Waals surface area contributed by atoms with Crippen molar-refractivity contribution >= 4 is 11.6 Å². The molecule has 2 rings (SSSR count). The minimum atomic E-state index is -0.0893. The van der Waals surface area contributed by atoms with Gasteiger partial charge in [0.1, 0.15) is 18.8 Å². The fraction of sp³-hybridized carbons (Fsp3) is 0.533. The summed E-state index contributed by atoms with van der Waals surface area (Å²) in [5.74, 6) is 0.738. The number of hydrogen-bond acceptors (Lipinski definition) is 3. The molecule has 0 aliphatic carbocycles. The maximum Gasteiger partial charge on any atom is 0.282 e. The largest absolute Gasteiger partial charge is 0.492 e. The average molecular weight is 279 g/mol. The molecule has 1 heterocycles. The normalized spacial score (nSPS) is 17.5. The molecule has 1 aromatic carbocycles. The Hall–Kier alpha value is -1.59. The number of anilines is 1. The molecule has 20 heavy (non-hydrogen) atoms. The molecular formula is C15H23N2O3+. The number of carbonyl (C=O) groups is 1. The average Bonchev–Trinajstić information content (AvgIpc) is 2.49. The molecule has 5 nitrogen and oxygen atoms in total. The summed E-state index contributed by atoms with van der Waals surface area (Å²) in [6.07, 6.45) is 0. The van der Waals surface area contributed by atoms with Gasteiger partial charge in [0, 0.05) is 0 Å². The Morgan fingerprint density at radius 1 is 1.40 bits per heavy atom. The number of rotatable bonds is 5. The Kier molecular flexibility index (Phi) is 5.38. The van der Waals surface area contributed by atoms with Crippen molar-refractivity contribution in [3.8, 4) is 5.75 Å². The molecule has 0 bridgehead atoms. The topological polar surface area (TPSA) is 52.0 Å². The second-order valence-corrected chi connectivity index (χ2v) is 4.91. The van der Waals surface area contributed by atoms with Crippen LogP contribution in [-0.4, -0.2) is 44.9 Å². The quantitative estimate of drug-likeness (QED) is 0.816. The Bertz CT molecular complexity index is 444. The van der Waals surface area contributed by atoms with Crippen LogP contribution in [0.1, 0.15) is 13.8 Å². The van der Waals surface area contributed by atoms with Crippen LogP contribution < -0.4 is 15.0 Å². The van der Waals surface area contributed by atoms with Crippen molar-refractivity contribution in [3.63, 3.8) is 0 Å². The number of amides is 1. The zero-order valence-corrected chi connectivity index (χ0v) is 12.1. The van der Waals surface area contributed by atoms with Crippen LogP contribution in [0.5, 0.6) is 5.75 Å². The van der Waals surface area contributed by atoms with Crippen LogP contribution >= 0.6 is 0 Å². The maximum absolute atomic E-state index is 12.3. The lowest BCUT2D eigenvalue weighted by atomic mass is 10.2. The number of quaternary nitrogens is 1. The summed E-state index contributed by atoms with van der Waals surface area (Å²) in [5, 5.41) is 2.97. The van der Waals surface area contributed by atoms with E-state index in [1.165, 1.54) is 4.90 Å². The highest BCUT2D eigenvalue weighted by Crippen LogP contribution is 2.23. The molecule has 0 aromatic heterocycles. The number of nitrogens with one attached hydrogen (secondary N) is 2. The van der Waals surface area contributed by atoms with Crippen LogP contribution in [0.15, 0.2) is 24.3 Å². The zero-order chi connectivity index (χ0) is 14.4. The van der Waals surface area contributed by atoms with Crippen molar-refractivity contribution in [2.75, 3.05) is 38.2 Å². The molecular weight excluding hydrogens is 256 g/mol. The molecule has 1 aliphatic heterocycles. The fourth-order valence-corrected chi connectivity index (χ4v) is 2.34. The van der Waals surface area contributed by atoms with Crippen molar-refractivity contribution in [1.29, 1.82) is 0 Å². The Morgan fingerprint density at radius 2 is 2.10 bits per heavy atom. The number of benzene rings is 1. The molecule has 110 valence electrons. The van der Waals surface area contributed by atoms with Gasteiger partial charge in [0.2, 0.25) is 0 Å². The minimum Gasteiger partial charge on any atom is -0.492 e. The first-order chi connectivity index (χ1) is 9.72. The maximum atomic E-state index is 12.3. The molecule has 2 N–H and O–H groups in total. The highest BCUT2D eigenvalue weighted by molar-refractivity contribution is 5.94. The number of ether oxygens (including phenoxy) is 2. The molecule has 1 saturated heterocycles. The molecule has 0 unspecified atom stereocenters. The van der Waals surface area contributed by atoms with Crippen LogP contribution in [0.3, 0.4) is 0 Å². The molecule has 1 aliphatic rings. The summed E-state index contributed by atoms with van der Waals surface area (Å²) >= 11 is 0. The van der Waals surface area contributed by atoms with Gasteiger partial charge in [-0.25, -0.2) is 0 Å². The molecule has 1 aromatic rings. The molecule has 0 saturated carbocycles. The highest BCUT2D eigenvalue weighted by atomic mass is 16.5. The molecule has 1 atom stereocenters. The zero-order valence-electron chi connectivity index (χ0n) is 12.1. The first kappa shape index (κ1) is 14.8. The third kappa shape index (κ3) is 3.71. The van der Waals surface area contributed by atoms with Crippen molar-refractivity contribution < 1.29 is 19.2 Å². The van der Waals surface area contributed by atoms with Crippen molar-refractivity contribution in [2.24, 2.45) is 0 Å². The monoisotopic (exact) mass is 279 g/mol. The first-order valence-corrected chi connectivity index (χ1v) is 7.17. The van der Waals surface area contributed by atoms with Gasteiger partial charge in [0.15, 0.2) is 6.04 Å². The lowest BCUT2D eigenvalue weighted by molar-refractivity contribution is -0.921. The van der Waals surface area contributed by atoms with E-state index in [9.17, 15) is 4.79 Å². The second kappa shape index (κ2) is 7.26. The SMILES string of the molecule is CCOc1ccccc1NC(=O)[C@@H](C)[NH+]1CCOCC1. The van der Waals surface area contributed by atoms with E-state index in [1.807, 2.05) is 38.1 Å². The van der Waals surface area contributed by atoms with Gasteiger partial charge in [-0.2, -0.15) is 0 Å². The minimum absolute atomic E-state index is 0.0223. The van der Waals surface area contributed by atoms with Crippen LogP contribution in [0.2, 0.25) is 0 Å². The van der Waals surface area contributed by atoms with Crippen LogP contribution in [0, 0.1) is 0 Å². The van der Waals surface area contributed by atoms with Crippen molar-refractivity contribution in [3.05, 3.63) is 24.3 Å². The standard InChI is InChI=1S/C15H22N2O3/c1-3-20-14-7-5-4-6-13(14)16-15(18)12(2)17-8-10-19-11-9-17/h4-7,12H,3,8-11H2,1-2H3,(H,16,18)/p+1/t12-/m1/s1. The molecule has 1 amide bonds. The van der Waals surface area contributed by atoms with Gasteiger partial charge in [-0.1, -0.05) is 12.1 Å². The smallest absolute Gasteiger partial charge is 0.282 e. The van der Waals surface area contributed by atoms with Gasteiger partial charge < -0.3 is 19.7 Å². The fourth-order valence-electron chi connectivity index (χ4n) is 2.34. The predicted molar refractivity (Wildman–Crippen MR) is 77.2 cm³/mol. The number of hydrogen-bond donors (Lipinski definition) is 2. The third-order valence-corrected chi connectivity index (χ3v) is 3.59. The Morgan fingerprint density at radius 3 is 2.80 bits per heavy atom. The van der Waals surface area contributed by atoms with Crippen LogP contribution in [0.25, 0.3) is 0 Å². The van der Waals surface area contributed by atoms with Crippen LogP contribution in [-0.2, 0) is 9.53 Å². The third-order valence-electron chi connectivity index (χ3n) is 3.59. The summed E-state index contributed by atoms with van der Waals surface area (Å²) in [5.41, 5.74) is 0.735. The van der Waals surface area contributed by atoms with E-state index in [1.54, 1.807) is 0 Å². The van der Waals surface area contributed by atoms with E-state index >= 15 is 0 Å². The van der Waals surface area contributed by atoms with Crippen molar-refractivity contribution in [2.45, 2.75) is 19.9 Å².